The molecule has 0 fully saturated rings. The third kappa shape index (κ3) is 3.50. The second-order valence-corrected chi connectivity index (χ2v) is 3.18. The van der Waals surface area contributed by atoms with E-state index < -0.39 is 6.09 Å². The minimum absolute atomic E-state index is 0.184. The molecule has 1 unspecified atom stereocenters. The first-order valence-electron chi connectivity index (χ1n) is 4.85. The Morgan fingerprint density at radius 3 is 2.93 bits per heavy atom. The number of hydrogen-bond donors (Lipinski definition) is 2. The van der Waals surface area contributed by atoms with Gasteiger partial charge in [0.05, 0.1) is 12.6 Å². The first-order chi connectivity index (χ1) is 7.13. The molecule has 0 heterocycles. The second-order valence-electron chi connectivity index (χ2n) is 3.18. The topological polar surface area (TPSA) is 58.6 Å². The maximum atomic E-state index is 11.1. The molecule has 0 aliphatic carbocycles. The molecule has 1 rings (SSSR count). The molecule has 1 amide bonds. The van der Waals surface area contributed by atoms with Crippen molar-refractivity contribution in [3.63, 3.8) is 0 Å². The molecule has 4 nitrogen and oxygen atoms in total. The van der Waals surface area contributed by atoms with Gasteiger partial charge >= 0.3 is 6.09 Å². The zero-order valence-electron chi connectivity index (χ0n) is 8.86. The van der Waals surface area contributed by atoms with Crippen molar-refractivity contribution in [1.82, 2.24) is 5.32 Å². The van der Waals surface area contributed by atoms with Crippen molar-refractivity contribution >= 4 is 6.09 Å². The Kier molecular flexibility index (Phi) is 3.97. The number of carbonyl (C=O) groups is 1. The van der Waals surface area contributed by atoms with Gasteiger partial charge in [-0.2, -0.15) is 0 Å². The zero-order valence-corrected chi connectivity index (χ0v) is 8.86. The van der Waals surface area contributed by atoms with E-state index in [-0.39, 0.29) is 11.8 Å². The number of aromatic hydroxyl groups is 1. The molecule has 1 aromatic carbocycles. The number of rotatable bonds is 3. The van der Waals surface area contributed by atoms with Gasteiger partial charge in [-0.1, -0.05) is 12.1 Å². The summed E-state index contributed by atoms with van der Waals surface area (Å²) >= 11 is 0. The van der Waals surface area contributed by atoms with Crippen molar-refractivity contribution in [3.05, 3.63) is 29.8 Å². The Hall–Kier alpha value is -1.71. The van der Waals surface area contributed by atoms with Gasteiger partial charge in [0.25, 0.3) is 0 Å². The van der Waals surface area contributed by atoms with Gasteiger partial charge in [0.2, 0.25) is 0 Å². The fourth-order valence-corrected chi connectivity index (χ4v) is 1.23. The summed E-state index contributed by atoms with van der Waals surface area (Å²) in [4.78, 5) is 11.1. The number of carbonyl (C=O) groups excluding carboxylic acids is 1. The van der Waals surface area contributed by atoms with Gasteiger partial charge in [0.1, 0.15) is 5.75 Å². The summed E-state index contributed by atoms with van der Waals surface area (Å²) in [5.41, 5.74) is 0.836. The fourth-order valence-electron chi connectivity index (χ4n) is 1.23. The molecule has 15 heavy (non-hydrogen) atoms. The Morgan fingerprint density at radius 1 is 1.60 bits per heavy atom. The monoisotopic (exact) mass is 209 g/mol. The van der Waals surface area contributed by atoms with Gasteiger partial charge in [-0.05, 0) is 31.5 Å². The molecule has 0 radical (unpaired) electrons. The molecule has 0 aliphatic heterocycles. The van der Waals surface area contributed by atoms with E-state index in [0.29, 0.717) is 6.61 Å². The Balaban J connectivity index is 2.60. The molecule has 2 N–H and O–H groups in total. The van der Waals surface area contributed by atoms with E-state index in [1.807, 2.05) is 13.0 Å². The Labute approximate surface area is 88.9 Å². The van der Waals surface area contributed by atoms with Crippen molar-refractivity contribution in [2.24, 2.45) is 0 Å². The number of phenols is 1. The lowest BCUT2D eigenvalue weighted by Gasteiger charge is -2.13. The number of ether oxygens (including phenoxy) is 1. The first-order valence-corrected chi connectivity index (χ1v) is 4.85. The number of benzene rings is 1. The van der Waals surface area contributed by atoms with Crippen LogP contribution < -0.4 is 5.32 Å². The summed E-state index contributed by atoms with van der Waals surface area (Å²) < 4.78 is 4.75. The Morgan fingerprint density at radius 2 is 2.33 bits per heavy atom. The SMILES string of the molecule is CCOC(=O)NC(C)c1cccc(O)c1. The molecule has 0 saturated heterocycles. The van der Waals surface area contributed by atoms with Crippen molar-refractivity contribution in [2.45, 2.75) is 19.9 Å². The Bertz CT molecular complexity index is 338. The van der Waals surface area contributed by atoms with Crippen molar-refractivity contribution in [3.8, 4) is 5.75 Å². The zero-order chi connectivity index (χ0) is 11.3. The lowest BCUT2D eigenvalue weighted by atomic mass is 10.1. The summed E-state index contributed by atoms with van der Waals surface area (Å²) in [6, 6.07) is 6.57. The molecule has 0 aromatic heterocycles. The van der Waals surface area contributed by atoms with Gasteiger partial charge in [-0.3, -0.25) is 0 Å². The molecule has 82 valence electrons. The highest BCUT2D eigenvalue weighted by atomic mass is 16.5. The van der Waals surface area contributed by atoms with Crippen LogP contribution in [0.5, 0.6) is 5.75 Å². The minimum atomic E-state index is -0.451. The molecule has 4 heteroatoms. The van der Waals surface area contributed by atoms with Crippen LogP contribution in [-0.4, -0.2) is 17.8 Å². The summed E-state index contributed by atoms with van der Waals surface area (Å²) in [6.07, 6.45) is -0.451. The van der Waals surface area contributed by atoms with Crippen LogP contribution in [0.4, 0.5) is 4.79 Å². The average Bonchev–Trinajstić information content (AvgIpc) is 2.18. The standard InChI is InChI=1S/C11H15NO3/c1-3-15-11(14)12-8(2)9-5-4-6-10(13)7-9/h4-8,13H,3H2,1-2H3,(H,12,14). The predicted octanol–water partition coefficient (Wildman–Crippen LogP) is 2.20. The van der Waals surface area contributed by atoms with Crippen LogP contribution in [0, 0.1) is 0 Å². The van der Waals surface area contributed by atoms with Crippen molar-refractivity contribution in [2.75, 3.05) is 6.61 Å². The van der Waals surface area contributed by atoms with Crippen LogP contribution in [-0.2, 0) is 4.74 Å². The molecule has 0 aliphatic rings. The molecule has 1 atom stereocenters. The van der Waals surface area contributed by atoms with Crippen LogP contribution in [0.25, 0.3) is 0 Å². The summed E-state index contributed by atoms with van der Waals surface area (Å²) in [5, 5.41) is 11.9. The first kappa shape index (κ1) is 11.4. The lowest BCUT2D eigenvalue weighted by molar-refractivity contribution is 0.149. The smallest absolute Gasteiger partial charge is 0.407 e. The van der Waals surface area contributed by atoms with Crippen LogP contribution in [0.1, 0.15) is 25.5 Å². The van der Waals surface area contributed by atoms with Crippen LogP contribution in [0.2, 0.25) is 0 Å². The molecule has 1 aromatic rings. The molecule has 0 bridgehead atoms. The number of phenolic OH excluding ortho intramolecular Hbond substituents is 1. The number of amides is 1. The fraction of sp³-hybridized carbons (Fsp3) is 0.364. The highest BCUT2D eigenvalue weighted by molar-refractivity contribution is 5.67. The minimum Gasteiger partial charge on any atom is -0.508 e. The summed E-state index contributed by atoms with van der Waals surface area (Å²) in [5.74, 6) is 0.185. The van der Waals surface area contributed by atoms with E-state index in [1.54, 1.807) is 25.1 Å². The van der Waals surface area contributed by atoms with E-state index in [4.69, 9.17) is 4.74 Å². The second kappa shape index (κ2) is 5.24. The number of alkyl carbamates (subject to hydrolysis) is 1. The molecular weight excluding hydrogens is 194 g/mol. The summed E-state index contributed by atoms with van der Waals surface area (Å²) in [7, 11) is 0. The van der Waals surface area contributed by atoms with Gasteiger partial charge in [-0.25, -0.2) is 4.79 Å². The largest absolute Gasteiger partial charge is 0.508 e. The van der Waals surface area contributed by atoms with Gasteiger partial charge in [-0.15, -0.1) is 0 Å². The molecule has 0 spiro atoms. The third-order valence-corrected chi connectivity index (χ3v) is 1.98. The van der Waals surface area contributed by atoms with Crippen molar-refractivity contribution < 1.29 is 14.6 Å². The highest BCUT2D eigenvalue weighted by Crippen LogP contribution is 2.17. The number of hydrogen-bond acceptors (Lipinski definition) is 3. The quantitative estimate of drug-likeness (QED) is 0.802. The predicted molar refractivity (Wildman–Crippen MR) is 56.7 cm³/mol. The number of nitrogens with one attached hydrogen (secondary N) is 1. The summed E-state index contributed by atoms with van der Waals surface area (Å²) in [6.45, 7) is 3.92. The van der Waals surface area contributed by atoms with Crippen molar-refractivity contribution in [1.29, 1.82) is 0 Å². The average molecular weight is 209 g/mol. The van der Waals surface area contributed by atoms with E-state index in [2.05, 4.69) is 5.32 Å². The maximum absolute atomic E-state index is 11.1. The van der Waals surface area contributed by atoms with E-state index in [9.17, 15) is 9.90 Å². The normalized spacial score (nSPS) is 11.9. The van der Waals surface area contributed by atoms with Gasteiger partial charge < -0.3 is 15.2 Å². The van der Waals surface area contributed by atoms with Crippen LogP contribution in [0.3, 0.4) is 0 Å². The maximum Gasteiger partial charge on any atom is 0.407 e. The van der Waals surface area contributed by atoms with Gasteiger partial charge in [0.15, 0.2) is 0 Å². The van der Waals surface area contributed by atoms with E-state index in [0.717, 1.165) is 5.56 Å². The van der Waals surface area contributed by atoms with E-state index >= 15 is 0 Å². The highest BCUT2D eigenvalue weighted by Gasteiger charge is 2.09. The van der Waals surface area contributed by atoms with Gasteiger partial charge in [0, 0.05) is 0 Å². The molecule has 0 saturated carbocycles. The van der Waals surface area contributed by atoms with Crippen LogP contribution in [0.15, 0.2) is 24.3 Å². The van der Waals surface area contributed by atoms with Crippen LogP contribution >= 0.6 is 0 Å². The molecular formula is C11H15NO3. The third-order valence-electron chi connectivity index (χ3n) is 1.98. The lowest BCUT2D eigenvalue weighted by Crippen LogP contribution is -2.27. The van der Waals surface area contributed by atoms with E-state index in [1.165, 1.54) is 0 Å².